The zero-order valence-corrected chi connectivity index (χ0v) is 13.2. The van der Waals surface area contributed by atoms with E-state index in [0.717, 1.165) is 10.8 Å². The Morgan fingerprint density at radius 2 is 1.71 bits per heavy atom. The third-order valence-electron chi connectivity index (χ3n) is 3.40. The molecule has 1 unspecified atom stereocenters. The molecule has 3 aromatic carbocycles. The van der Waals surface area contributed by atoms with Gasteiger partial charge in [-0.05, 0) is 40.8 Å². The van der Waals surface area contributed by atoms with E-state index in [0.29, 0.717) is 20.6 Å². The van der Waals surface area contributed by atoms with Crippen LogP contribution in [0, 0.1) is 5.82 Å². The Bertz CT molecular complexity index is 799. The number of hydrogen-bond acceptors (Lipinski definition) is 1. The first-order valence-electron chi connectivity index (χ1n) is 6.37. The van der Waals surface area contributed by atoms with Crippen LogP contribution in [0.15, 0.2) is 59.1 Å². The standard InChI is InChI=1S/C17H11BrClFO/c18-11-7-10(8-12(20)9-11)17(21)15-5-6-16(19)14-4-2-1-3-13(14)15/h1-9,17,21H. The minimum Gasteiger partial charge on any atom is -0.384 e. The van der Waals surface area contributed by atoms with E-state index < -0.39 is 11.9 Å². The molecule has 0 aromatic heterocycles. The predicted molar refractivity (Wildman–Crippen MR) is 87.1 cm³/mol. The van der Waals surface area contributed by atoms with Crippen LogP contribution in [0.2, 0.25) is 5.02 Å². The minimum atomic E-state index is -0.917. The van der Waals surface area contributed by atoms with Gasteiger partial charge in [0.1, 0.15) is 11.9 Å². The number of rotatable bonds is 2. The fourth-order valence-electron chi connectivity index (χ4n) is 2.44. The van der Waals surface area contributed by atoms with Crippen molar-refractivity contribution >= 4 is 38.3 Å². The van der Waals surface area contributed by atoms with Crippen molar-refractivity contribution in [3.63, 3.8) is 0 Å². The lowest BCUT2D eigenvalue weighted by atomic mass is 9.96. The van der Waals surface area contributed by atoms with Crippen molar-refractivity contribution in [2.75, 3.05) is 0 Å². The highest BCUT2D eigenvalue weighted by molar-refractivity contribution is 9.10. The summed E-state index contributed by atoms with van der Waals surface area (Å²) in [4.78, 5) is 0. The molecule has 0 saturated heterocycles. The average Bonchev–Trinajstić information content (AvgIpc) is 2.46. The van der Waals surface area contributed by atoms with E-state index in [4.69, 9.17) is 11.6 Å². The molecule has 1 nitrogen and oxygen atoms in total. The number of aliphatic hydroxyl groups is 1. The summed E-state index contributed by atoms with van der Waals surface area (Å²) in [6.07, 6.45) is -0.917. The Kier molecular flexibility index (Phi) is 3.98. The Morgan fingerprint density at radius 3 is 2.43 bits per heavy atom. The molecule has 1 N–H and O–H groups in total. The van der Waals surface area contributed by atoms with E-state index in [1.165, 1.54) is 12.1 Å². The topological polar surface area (TPSA) is 20.2 Å². The highest BCUT2D eigenvalue weighted by atomic mass is 79.9. The molecule has 0 amide bonds. The third-order valence-corrected chi connectivity index (χ3v) is 4.19. The van der Waals surface area contributed by atoms with Gasteiger partial charge in [-0.15, -0.1) is 0 Å². The normalized spacial score (nSPS) is 12.6. The third kappa shape index (κ3) is 2.82. The van der Waals surface area contributed by atoms with Crippen LogP contribution >= 0.6 is 27.5 Å². The van der Waals surface area contributed by atoms with Gasteiger partial charge >= 0.3 is 0 Å². The van der Waals surface area contributed by atoms with Crippen LogP contribution in [-0.4, -0.2) is 5.11 Å². The first kappa shape index (κ1) is 14.5. The summed E-state index contributed by atoms with van der Waals surface area (Å²) in [6, 6.07) is 15.5. The lowest BCUT2D eigenvalue weighted by Crippen LogP contribution is -2.01. The molecule has 3 rings (SSSR count). The number of aliphatic hydroxyl groups excluding tert-OH is 1. The van der Waals surface area contributed by atoms with Crippen LogP contribution in [0.1, 0.15) is 17.2 Å². The highest BCUT2D eigenvalue weighted by Crippen LogP contribution is 2.33. The molecule has 4 heteroatoms. The Labute approximate surface area is 135 Å². The lowest BCUT2D eigenvalue weighted by molar-refractivity contribution is 0.221. The molecule has 0 saturated carbocycles. The monoisotopic (exact) mass is 364 g/mol. The van der Waals surface area contributed by atoms with E-state index in [2.05, 4.69) is 15.9 Å². The second kappa shape index (κ2) is 5.76. The molecule has 0 bridgehead atoms. The van der Waals surface area contributed by atoms with Gasteiger partial charge in [0.15, 0.2) is 0 Å². The van der Waals surface area contributed by atoms with Crippen molar-refractivity contribution in [3.05, 3.63) is 81.0 Å². The first-order valence-corrected chi connectivity index (χ1v) is 7.54. The van der Waals surface area contributed by atoms with Gasteiger partial charge < -0.3 is 5.11 Å². The summed E-state index contributed by atoms with van der Waals surface area (Å²) in [7, 11) is 0. The Hall–Kier alpha value is -1.42. The second-order valence-electron chi connectivity index (χ2n) is 4.79. The quantitative estimate of drug-likeness (QED) is 0.638. The molecular formula is C17H11BrClFO. The van der Waals surface area contributed by atoms with Crippen molar-refractivity contribution in [2.45, 2.75) is 6.10 Å². The van der Waals surface area contributed by atoms with E-state index in [9.17, 15) is 9.50 Å². The van der Waals surface area contributed by atoms with Gasteiger partial charge in [0.05, 0.1) is 0 Å². The molecule has 1 atom stereocenters. The van der Waals surface area contributed by atoms with Crippen molar-refractivity contribution < 1.29 is 9.50 Å². The number of halogens is 3. The van der Waals surface area contributed by atoms with E-state index in [-0.39, 0.29) is 0 Å². The number of hydrogen-bond donors (Lipinski definition) is 1. The van der Waals surface area contributed by atoms with Crippen LogP contribution in [0.4, 0.5) is 4.39 Å². The van der Waals surface area contributed by atoms with Gasteiger partial charge in [0.25, 0.3) is 0 Å². The van der Waals surface area contributed by atoms with Crippen LogP contribution < -0.4 is 0 Å². The molecule has 0 fully saturated rings. The summed E-state index contributed by atoms with van der Waals surface area (Å²) in [5.41, 5.74) is 1.20. The van der Waals surface area contributed by atoms with Gasteiger partial charge in [0.2, 0.25) is 0 Å². The highest BCUT2D eigenvalue weighted by Gasteiger charge is 2.16. The zero-order chi connectivity index (χ0) is 15.0. The maximum absolute atomic E-state index is 13.5. The molecular weight excluding hydrogens is 355 g/mol. The van der Waals surface area contributed by atoms with Crippen molar-refractivity contribution in [3.8, 4) is 0 Å². The second-order valence-corrected chi connectivity index (χ2v) is 6.11. The van der Waals surface area contributed by atoms with Gasteiger partial charge in [-0.25, -0.2) is 4.39 Å². The van der Waals surface area contributed by atoms with E-state index in [1.807, 2.05) is 24.3 Å². The van der Waals surface area contributed by atoms with Crippen LogP contribution in [0.3, 0.4) is 0 Å². The van der Waals surface area contributed by atoms with E-state index >= 15 is 0 Å². The Morgan fingerprint density at radius 1 is 1.00 bits per heavy atom. The molecule has 0 heterocycles. The lowest BCUT2D eigenvalue weighted by Gasteiger charge is -2.15. The maximum atomic E-state index is 13.5. The number of benzene rings is 3. The summed E-state index contributed by atoms with van der Waals surface area (Å²) in [5, 5.41) is 13.0. The summed E-state index contributed by atoms with van der Waals surface area (Å²) >= 11 is 9.42. The largest absolute Gasteiger partial charge is 0.384 e. The number of fused-ring (bicyclic) bond motifs is 1. The van der Waals surface area contributed by atoms with Crippen molar-refractivity contribution in [1.82, 2.24) is 0 Å². The van der Waals surface area contributed by atoms with E-state index in [1.54, 1.807) is 18.2 Å². The average molecular weight is 366 g/mol. The van der Waals surface area contributed by atoms with Crippen LogP contribution in [0.25, 0.3) is 10.8 Å². The molecule has 106 valence electrons. The van der Waals surface area contributed by atoms with Crippen molar-refractivity contribution in [1.29, 1.82) is 0 Å². The maximum Gasteiger partial charge on any atom is 0.124 e. The molecule has 3 aromatic rings. The van der Waals surface area contributed by atoms with Crippen LogP contribution in [-0.2, 0) is 0 Å². The Balaban J connectivity index is 2.18. The van der Waals surface area contributed by atoms with Gasteiger partial charge in [-0.1, -0.05) is 57.9 Å². The minimum absolute atomic E-state index is 0.392. The van der Waals surface area contributed by atoms with Crippen molar-refractivity contribution in [2.24, 2.45) is 0 Å². The first-order chi connectivity index (χ1) is 10.1. The molecule has 0 aliphatic carbocycles. The molecule has 0 radical (unpaired) electrons. The fourth-order valence-corrected chi connectivity index (χ4v) is 3.15. The SMILES string of the molecule is OC(c1cc(F)cc(Br)c1)c1ccc(Cl)c2ccccc12. The summed E-state index contributed by atoms with van der Waals surface area (Å²) < 4.78 is 14.1. The van der Waals surface area contributed by atoms with Gasteiger partial charge in [0, 0.05) is 14.9 Å². The van der Waals surface area contributed by atoms with Gasteiger partial charge in [-0.3, -0.25) is 0 Å². The molecule has 0 aliphatic rings. The summed E-state index contributed by atoms with van der Waals surface area (Å²) in [6.45, 7) is 0. The zero-order valence-electron chi connectivity index (χ0n) is 10.9. The molecule has 0 spiro atoms. The van der Waals surface area contributed by atoms with Crippen LogP contribution in [0.5, 0.6) is 0 Å². The van der Waals surface area contributed by atoms with Gasteiger partial charge in [-0.2, -0.15) is 0 Å². The molecule has 21 heavy (non-hydrogen) atoms. The summed E-state index contributed by atoms with van der Waals surface area (Å²) in [5.74, 6) is -0.392. The molecule has 0 aliphatic heterocycles. The smallest absolute Gasteiger partial charge is 0.124 e. The fraction of sp³-hybridized carbons (Fsp3) is 0.0588. The predicted octanol–water partition coefficient (Wildman–Crippen LogP) is 5.48.